The second-order valence-corrected chi connectivity index (χ2v) is 2.33. The molecule has 0 atom stereocenters. The molecule has 0 heterocycles. The highest BCUT2D eigenvalue weighted by Gasteiger charge is 2.39. The van der Waals surface area contributed by atoms with E-state index in [0.717, 1.165) is 13.8 Å². The third-order valence-corrected chi connectivity index (χ3v) is 1.09. The molecule has 0 nitrogen and oxygen atoms in total. The third-order valence-electron chi connectivity index (χ3n) is 1.09. The van der Waals surface area contributed by atoms with Crippen molar-refractivity contribution in [2.24, 2.45) is 5.92 Å². The van der Waals surface area contributed by atoms with Gasteiger partial charge in [-0.3, -0.25) is 0 Å². The average molecular weight is 174 g/mol. The summed E-state index contributed by atoms with van der Waals surface area (Å²) < 4.78 is 58.3. The Labute approximate surface area is 60.7 Å². The Bertz CT molecular complexity index is 160. The monoisotopic (exact) mass is 174 g/mol. The predicted molar refractivity (Wildman–Crippen MR) is 30.1 cm³/mol. The van der Waals surface area contributed by atoms with Crippen LogP contribution in [0.25, 0.3) is 0 Å². The number of halogens is 5. The van der Waals surface area contributed by atoms with Crippen molar-refractivity contribution >= 4 is 0 Å². The molecular formula is C6H7F5. The van der Waals surface area contributed by atoms with Gasteiger partial charge in [-0.2, -0.15) is 22.0 Å². The van der Waals surface area contributed by atoms with Crippen molar-refractivity contribution in [3.8, 4) is 0 Å². The van der Waals surface area contributed by atoms with E-state index in [-0.39, 0.29) is 0 Å². The average Bonchev–Trinajstić information content (AvgIpc) is 1.54. The molecule has 0 aromatic carbocycles. The first-order valence-electron chi connectivity index (χ1n) is 2.89. The third kappa shape index (κ3) is 2.86. The summed E-state index contributed by atoms with van der Waals surface area (Å²) in [5, 5.41) is 0. The van der Waals surface area contributed by atoms with Crippen LogP contribution in [0.1, 0.15) is 13.8 Å². The lowest BCUT2D eigenvalue weighted by Gasteiger charge is -2.12. The van der Waals surface area contributed by atoms with Crippen molar-refractivity contribution in [1.29, 1.82) is 0 Å². The minimum atomic E-state index is -4.91. The van der Waals surface area contributed by atoms with E-state index in [4.69, 9.17) is 0 Å². The number of rotatable bonds is 1. The van der Waals surface area contributed by atoms with Gasteiger partial charge < -0.3 is 0 Å². The smallest absolute Gasteiger partial charge is 0.173 e. The molecule has 0 rings (SSSR count). The minimum Gasteiger partial charge on any atom is -0.173 e. The molecule has 11 heavy (non-hydrogen) atoms. The van der Waals surface area contributed by atoms with E-state index in [1.807, 2.05) is 0 Å². The molecule has 0 fully saturated rings. The summed E-state index contributed by atoms with van der Waals surface area (Å²) in [5.74, 6) is -1.19. The van der Waals surface area contributed by atoms with E-state index in [1.54, 1.807) is 0 Å². The van der Waals surface area contributed by atoms with E-state index in [1.165, 1.54) is 0 Å². The zero-order valence-electron chi connectivity index (χ0n) is 5.97. The Balaban J connectivity index is 4.80. The van der Waals surface area contributed by atoms with Gasteiger partial charge in [0, 0.05) is 0 Å². The number of hydrogen-bond donors (Lipinski definition) is 0. The first-order valence-corrected chi connectivity index (χ1v) is 2.89. The fourth-order valence-electron chi connectivity index (χ4n) is 0.653. The van der Waals surface area contributed by atoms with Crippen LogP contribution in [0.3, 0.4) is 0 Å². The fraction of sp³-hybridized carbons (Fsp3) is 0.667. The highest BCUT2D eigenvalue weighted by Crippen LogP contribution is 2.34. The van der Waals surface area contributed by atoms with Crippen LogP contribution in [-0.4, -0.2) is 6.18 Å². The van der Waals surface area contributed by atoms with Gasteiger partial charge in [-0.15, -0.1) is 0 Å². The maximum absolute atomic E-state index is 11.7. The van der Waals surface area contributed by atoms with Gasteiger partial charge in [-0.1, -0.05) is 13.8 Å². The van der Waals surface area contributed by atoms with Crippen molar-refractivity contribution in [3.05, 3.63) is 11.7 Å². The number of alkyl halides is 3. The highest BCUT2D eigenvalue weighted by atomic mass is 19.4. The molecule has 0 amide bonds. The van der Waals surface area contributed by atoms with Crippen molar-refractivity contribution in [2.75, 3.05) is 0 Å². The minimum absolute atomic E-state index is 1.07. The SMILES string of the molecule is CC(C)C(=C(F)F)C(F)(F)F. The van der Waals surface area contributed by atoms with E-state index < -0.39 is 23.7 Å². The lowest BCUT2D eigenvalue weighted by atomic mass is 10.0. The molecule has 0 aromatic heterocycles. The fourth-order valence-corrected chi connectivity index (χ4v) is 0.653. The van der Waals surface area contributed by atoms with Crippen molar-refractivity contribution in [3.63, 3.8) is 0 Å². The molecule has 0 bridgehead atoms. The van der Waals surface area contributed by atoms with Crippen LogP contribution < -0.4 is 0 Å². The van der Waals surface area contributed by atoms with Crippen LogP contribution in [0.15, 0.2) is 11.7 Å². The summed E-state index contributed by atoms with van der Waals surface area (Å²) in [6, 6.07) is 0. The Hall–Kier alpha value is -0.610. The topological polar surface area (TPSA) is 0 Å². The predicted octanol–water partition coefficient (Wildman–Crippen LogP) is 3.36. The van der Waals surface area contributed by atoms with Crippen LogP contribution in [0.2, 0.25) is 0 Å². The Kier molecular flexibility index (Phi) is 3.02. The molecular weight excluding hydrogens is 167 g/mol. The lowest BCUT2D eigenvalue weighted by molar-refractivity contribution is -0.101. The molecule has 0 saturated carbocycles. The van der Waals surface area contributed by atoms with E-state index >= 15 is 0 Å². The summed E-state index contributed by atoms with van der Waals surface area (Å²) in [6.07, 6.45) is -7.56. The maximum Gasteiger partial charge on any atom is 0.418 e. The molecule has 5 heteroatoms. The Morgan fingerprint density at radius 2 is 1.45 bits per heavy atom. The van der Waals surface area contributed by atoms with Gasteiger partial charge in [-0.25, -0.2) is 0 Å². The molecule has 0 aliphatic heterocycles. The molecule has 66 valence electrons. The summed E-state index contributed by atoms with van der Waals surface area (Å²) in [7, 11) is 0. The summed E-state index contributed by atoms with van der Waals surface area (Å²) >= 11 is 0. The van der Waals surface area contributed by atoms with Crippen LogP contribution in [0.4, 0.5) is 22.0 Å². The molecule has 0 unspecified atom stereocenters. The summed E-state index contributed by atoms with van der Waals surface area (Å²) in [6.45, 7) is 2.14. The van der Waals surface area contributed by atoms with Gasteiger partial charge in [-0.05, 0) is 5.92 Å². The molecule has 0 saturated heterocycles. The van der Waals surface area contributed by atoms with Crippen molar-refractivity contribution in [2.45, 2.75) is 20.0 Å². The van der Waals surface area contributed by atoms with Crippen molar-refractivity contribution < 1.29 is 22.0 Å². The first kappa shape index (κ1) is 10.4. The molecule has 0 aliphatic carbocycles. The van der Waals surface area contributed by atoms with Gasteiger partial charge >= 0.3 is 6.18 Å². The molecule has 0 N–H and O–H groups in total. The molecule has 0 spiro atoms. The standard InChI is InChI=1S/C6H7F5/c1-3(2)4(5(7)8)6(9,10)11/h3H,1-2H3. The Morgan fingerprint density at radius 1 is 1.09 bits per heavy atom. The van der Waals surface area contributed by atoms with Gasteiger partial charge in [0.2, 0.25) is 0 Å². The second-order valence-electron chi connectivity index (χ2n) is 2.33. The first-order chi connectivity index (χ1) is 4.76. The molecule has 0 aromatic rings. The van der Waals surface area contributed by atoms with Gasteiger partial charge in [0.15, 0.2) is 0 Å². The van der Waals surface area contributed by atoms with Crippen LogP contribution in [0.5, 0.6) is 0 Å². The van der Waals surface area contributed by atoms with Gasteiger partial charge in [0.1, 0.15) is 5.57 Å². The highest BCUT2D eigenvalue weighted by molar-refractivity contribution is 5.11. The summed E-state index contributed by atoms with van der Waals surface area (Å²) in [4.78, 5) is 0. The molecule has 0 aliphatic rings. The van der Waals surface area contributed by atoms with Crippen LogP contribution >= 0.6 is 0 Å². The van der Waals surface area contributed by atoms with E-state index in [0.29, 0.717) is 0 Å². The van der Waals surface area contributed by atoms with Gasteiger partial charge in [0.05, 0.1) is 0 Å². The maximum atomic E-state index is 11.7. The van der Waals surface area contributed by atoms with E-state index in [9.17, 15) is 22.0 Å². The largest absolute Gasteiger partial charge is 0.418 e. The van der Waals surface area contributed by atoms with Crippen molar-refractivity contribution in [1.82, 2.24) is 0 Å². The zero-order valence-corrected chi connectivity index (χ0v) is 5.97. The van der Waals surface area contributed by atoms with E-state index in [2.05, 4.69) is 0 Å². The zero-order chi connectivity index (χ0) is 9.23. The van der Waals surface area contributed by atoms with Gasteiger partial charge in [0.25, 0.3) is 6.08 Å². The summed E-state index contributed by atoms with van der Waals surface area (Å²) in [5.41, 5.74) is -1.74. The van der Waals surface area contributed by atoms with Crippen LogP contribution in [0, 0.1) is 5.92 Å². The quantitative estimate of drug-likeness (QED) is 0.534. The normalized spacial score (nSPS) is 12.0. The lowest BCUT2D eigenvalue weighted by Crippen LogP contribution is -2.17. The number of hydrogen-bond acceptors (Lipinski definition) is 0. The van der Waals surface area contributed by atoms with Crippen LogP contribution in [-0.2, 0) is 0 Å². The second kappa shape index (κ2) is 3.19. The number of allylic oxidation sites excluding steroid dienone is 1. The Morgan fingerprint density at radius 3 is 1.45 bits per heavy atom. The molecule has 0 radical (unpaired) electrons.